The zero-order valence-corrected chi connectivity index (χ0v) is 16.2. The minimum atomic E-state index is -1.30. The van der Waals surface area contributed by atoms with E-state index in [0.29, 0.717) is 10.6 Å². The predicted octanol–water partition coefficient (Wildman–Crippen LogP) is 3.43. The van der Waals surface area contributed by atoms with E-state index in [4.69, 9.17) is 23.2 Å². The molecule has 0 fully saturated rings. The molecule has 0 aliphatic heterocycles. The molecule has 3 aromatic rings. The lowest BCUT2D eigenvalue weighted by Gasteiger charge is -2.21. The van der Waals surface area contributed by atoms with E-state index < -0.39 is 22.7 Å². The Balaban J connectivity index is 2.32. The standard InChI is InChI=1S/C19H17Cl2FN2O3/c1-19(2,27)10-24-16-14(7-13(21)8-15(16)22)17(25)23(18(24)26)9-11-3-5-12(20)6-4-11/h3-8,27H,9-10H2,1-2H3. The lowest BCUT2D eigenvalue weighted by atomic mass is 10.1. The van der Waals surface area contributed by atoms with Gasteiger partial charge in [-0.2, -0.15) is 0 Å². The molecule has 1 heterocycles. The van der Waals surface area contributed by atoms with Crippen LogP contribution in [-0.4, -0.2) is 19.8 Å². The summed E-state index contributed by atoms with van der Waals surface area (Å²) in [5, 5.41) is 10.7. The Morgan fingerprint density at radius 1 is 1.04 bits per heavy atom. The van der Waals surface area contributed by atoms with E-state index in [0.717, 1.165) is 15.2 Å². The average molecular weight is 411 g/mol. The molecule has 0 spiro atoms. The summed E-state index contributed by atoms with van der Waals surface area (Å²) in [5.41, 5.74) is -2.17. The van der Waals surface area contributed by atoms with Gasteiger partial charge < -0.3 is 5.11 Å². The molecule has 0 aliphatic rings. The van der Waals surface area contributed by atoms with Crippen molar-refractivity contribution in [1.82, 2.24) is 9.13 Å². The van der Waals surface area contributed by atoms with E-state index >= 15 is 0 Å². The highest BCUT2D eigenvalue weighted by Gasteiger charge is 2.22. The van der Waals surface area contributed by atoms with Crippen LogP contribution in [0.5, 0.6) is 0 Å². The van der Waals surface area contributed by atoms with Crippen LogP contribution in [0.1, 0.15) is 19.4 Å². The first-order valence-corrected chi connectivity index (χ1v) is 8.91. The number of aliphatic hydroxyl groups is 1. The molecule has 0 unspecified atom stereocenters. The molecule has 0 aliphatic carbocycles. The van der Waals surface area contributed by atoms with Gasteiger partial charge in [0.1, 0.15) is 5.82 Å². The second-order valence-corrected chi connectivity index (χ2v) is 7.86. The zero-order chi connectivity index (χ0) is 19.9. The summed E-state index contributed by atoms with van der Waals surface area (Å²) in [6.07, 6.45) is 0. The van der Waals surface area contributed by atoms with E-state index in [1.54, 1.807) is 24.3 Å². The molecule has 1 N–H and O–H groups in total. The second kappa shape index (κ2) is 7.11. The van der Waals surface area contributed by atoms with Gasteiger partial charge in [-0.15, -0.1) is 0 Å². The fraction of sp³-hybridized carbons (Fsp3) is 0.263. The van der Waals surface area contributed by atoms with Crippen LogP contribution < -0.4 is 11.2 Å². The molecule has 5 nitrogen and oxygen atoms in total. The molecule has 2 aromatic carbocycles. The second-order valence-electron chi connectivity index (χ2n) is 6.98. The van der Waals surface area contributed by atoms with Crippen molar-refractivity contribution >= 4 is 34.1 Å². The van der Waals surface area contributed by atoms with Gasteiger partial charge in [-0.3, -0.25) is 13.9 Å². The van der Waals surface area contributed by atoms with Gasteiger partial charge in [0.15, 0.2) is 0 Å². The van der Waals surface area contributed by atoms with Crippen LogP contribution in [0.25, 0.3) is 10.9 Å². The molecular weight excluding hydrogens is 394 g/mol. The van der Waals surface area contributed by atoms with Gasteiger partial charge in [0.2, 0.25) is 0 Å². The number of nitrogens with zero attached hydrogens (tertiary/aromatic N) is 2. The number of hydrogen-bond acceptors (Lipinski definition) is 3. The molecule has 142 valence electrons. The Morgan fingerprint density at radius 3 is 2.26 bits per heavy atom. The lowest BCUT2D eigenvalue weighted by molar-refractivity contribution is 0.0608. The Kier molecular flexibility index (Phi) is 5.16. The summed E-state index contributed by atoms with van der Waals surface area (Å²) in [7, 11) is 0. The predicted molar refractivity (Wildman–Crippen MR) is 104 cm³/mol. The van der Waals surface area contributed by atoms with Crippen LogP contribution in [0.4, 0.5) is 4.39 Å². The fourth-order valence-corrected chi connectivity index (χ4v) is 3.25. The number of halogens is 3. The number of aromatic nitrogens is 2. The summed E-state index contributed by atoms with van der Waals surface area (Å²) in [5.74, 6) is -0.797. The van der Waals surface area contributed by atoms with Gasteiger partial charge in [0.25, 0.3) is 5.56 Å². The van der Waals surface area contributed by atoms with Gasteiger partial charge >= 0.3 is 5.69 Å². The van der Waals surface area contributed by atoms with Crippen LogP contribution in [-0.2, 0) is 13.1 Å². The molecule has 0 bridgehead atoms. The maximum Gasteiger partial charge on any atom is 0.331 e. The maximum atomic E-state index is 14.6. The first-order valence-electron chi connectivity index (χ1n) is 8.16. The monoisotopic (exact) mass is 410 g/mol. The molecule has 0 atom stereocenters. The Bertz CT molecular complexity index is 1130. The summed E-state index contributed by atoms with van der Waals surface area (Å²) in [4.78, 5) is 25.9. The van der Waals surface area contributed by atoms with Gasteiger partial charge in [-0.1, -0.05) is 35.3 Å². The van der Waals surface area contributed by atoms with Crippen LogP contribution in [0.15, 0.2) is 46.0 Å². The van der Waals surface area contributed by atoms with Crippen LogP contribution in [0.3, 0.4) is 0 Å². The number of rotatable bonds is 4. The molecule has 0 radical (unpaired) electrons. The molecule has 3 rings (SSSR count). The maximum absolute atomic E-state index is 14.6. The fourth-order valence-electron chi connectivity index (χ4n) is 2.92. The first-order chi connectivity index (χ1) is 12.6. The SMILES string of the molecule is CC(C)(O)Cn1c(=O)n(Cc2ccc(Cl)cc2)c(=O)c2cc(Cl)cc(F)c21. The summed E-state index contributed by atoms with van der Waals surface area (Å²) in [6, 6.07) is 9.03. The van der Waals surface area contributed by atoms with E-state index in [-0.39, 0.29) is 29.0 Å². The Labute approximate surface area is 164 Å². The minimum absolute atomic E-state index is 0.0231. The largest absolute Gasteiger partial charge is 0.389 e. The molecule has 8 heteroatoms. The number of fused-ring (bicyclic) bond motifs is 1. The van der Waals surface area contributed by atoms with Gasteiger partial charge in [-0.25, -0.2) is 9.18 Å². The molecule has 27 heavy (non-hydrogen) atoms. The van der Waals surface area contributed by atoms with Crippen LogP contribution >= 0.6 is 23.2 Å². The van der Waals surface area contributed by atoms with Crippen LogP contribution in [0, 0.1) is 5.82 Å². The van der Waals surface area contributed by atoms with Crippen molar-refractivity contribution < 1.29 is 9.50 Å². The topological polar surface area (TPSA) is 64.2 Å². The molecule has 1 aromatic heterocycles. The molecule has 0 amide bonds. The van der Waals surface area contributed by atoms with E-state index in [9.17, 15) is 19.1 Å². The highest BCUT2D eigenvalue weighted by atomic mass is 35.5. The molecular formula is C19H17Cl2FN2O3. The smallest absolute Gasteiger partial charge is 0.331 e. The van der Waals surface area contributed by atoms with Gasteiger partial charge in [-0.05, 0) is 43.7 Å². The van der Waals surface area contributed by atoms with Gasteiger partial charge in [0.05, 0.1) is 29.6 Å². The highest BCUT2D eigenvalue weighted by molar-refractivity contribution is 6.31. The van der Waals surface area contributed by atoms with Gasteiger partial charge in [0, 0.05) is 10.0 Å². The number of hydrogen-bond donors (Lipinski definition) is 1. The number of benzene rings is 2. The zero-order valence-electron chi connectivity index (χ0n) is 14.7. The summed E-state index contributed by atoms with van der Waals surface area (Å²) in [6.45, 7) is 2.77. The van der Waals surface area contributed by atoms with E-state index in [1.807, 2.05) is 0 Å². The van der Waals surface area contributed by atoms with E-state index in [1.165, 1.54) is 19.9 Å². The normalized spacial score (nSPS) is 11.9. The minimum Gasteiger partial charge on any atom is -0.389 e. The quantitative estimate of drug-likeness (QED) is 0.716. The Hall–Kier alpha value is -2.15. The summed E-state index contributed by atoms with van der Waals surface area (Å²) >= 11 is 11.8. The molecule has 0 saturated carbocycles. The highest BCUT2D eigenvalue weighted by Crippen LogP contribution is 2.21. The van der Waals surface area contributed by atoms with E-state index in [2.05, 4.69) is 0 Å². The van der Waals surface area contributed by atoms with Crippen molar-refractivity contribution in [2.24, 2.45) is 0 Å². The summed E-state index contributed by atoms with van der Waals surface area (Å²) < 4.78 is 16.6. The van der Waals surface area contributed by atoms with Crippen molar-refractivity contribution in [2.75, 3.05) is 0 Å². The Morgan fingerprint density at radius 2 is 1.67 bits per heavy atom. The molecule has 0 saturated heterocycles. The lowest BCUT2D eigenvalue weighted by Crippen LogP contribution is -2.43. The first kappa shape index (κ1) is 19.6. The third-order valence-electron chi connectivity index (χ3n) is 4.03. The third-order valence-corrected chi connectivity index (χ3v) is 4.50. The third kappa shape index (κ3) is 4.08. The van der Waals surface area contributed by atoms with Crippen molar-refractivity contribution in [3.8, 4) is 0 Å². The van der Waals surface area contributed by atoms with Crippen molar-refractivity contribution in [2.45, 2.75) is 32.5 Å². The average Bonchev–Trinajstić information content (AvgIpc) is 2.56. The van der Waals surface area contributed by atoms with Crippen LogP contribution in [0.2, 0.25) is 10.0 Å². The van der Waals surface area contributed by atoms with Crippen molar-refractivity contribution in [1.29, 1.82) is 0 Å². The van der Waals surface area contributed by atoms with Crippen molar-refractivity contribution in [3.63, 3.8) is 0 Å². The van der Waals surface area contributed by atoms with Crippen molar-refractivity contribution in [3.05, 3.63) is 78.7 Å².